The summed E-state index contributed by atoms with van der Waals surface area (Å²) in [5, 5.41) is 9.56. The van der Waals surface area contributed by atoms with E-state index in [1.807, 2.05) is 0 Å². The molecule has 1 heterocycles. The lowest BCUT2D eigenvalue weighted by atomic mass is 10.1. The normalized spacial score (nSPS) is 11.5. The van der Waals surface area contributed by atoms with Gasteiger partial charge in [0.1, 0.15) is 5.76 Å². The van der Waals surface area contributed by atoms with Crippen LogP contribution >= 0.6 is 0 Å². The van der Waals surface area contributed by atoms with Crippen molar-refractivity contribution in [1.82, 2.24) is 4.90 Å². The minimum Gasteiger partial charge on any atom is -0.456 e. The van der Waals surface area contributed by atoms with Crippen molar-refractivity contribution in [3.05, 3.63) is 23.7 Å². The minimum atomic E-state index is -0.897. The van der Waals surface area contributed by atoms with Crippen LogP contribution in [-0.2, 0) is 0 Å². The molecule has 0 radical (unpaired) electrons. The number of rotatable bonds is 3. The average molecular weight is 211 g/mol. The van der Waals surface area contributed by atoms with Crippen molar-refractivity contribution >= 4 is 5.91 Å². The Labute approximate surface area is 89.5 Å². The first-order valence-corrected chi connectivity index (χ1v) is 4.84. The van der Waals surface area contributed by atoms with Gasteiger partial charge in [-0.15, -0.1) is 0 Å². The van der Waals surface area contributed by atoms with Gasteiger partial charge in [-0.2, -0.15) is 0 Å². The highest BCUT2D eigenvalue weighted by Gasteiger charge is 2.21. The number of amides is 1. The van der Waals surface area contributed by atoms with Crippen molar-refractivity contribution in [2.75, 3.05) is 13.6 Å². The van der Waals surface area contributed by atoms with Gasteiger partial charge in [0.2, 0.25) is 0 Å². The Kier molecular flexibility index (Phi) is 3.19. The van der Waals surface area contributed by atoms with Gasteiger partial charge in [-0.05, 0) is 32.9 Å². The summed E-state index contributed by atoms with van der Waals surface area (Å²) in [6, 6.07) is 3.38. The van der Waals surface area contributed by atoms with Gasteiger partial charge in [-0.25, -0.2) is 0 Å². The van der Waals surface area contributed by atoms with E-state index in [0.29, 0.717) is 11.5 Å². The highest BCUT2D eigenvalue weighted by molar-refractivity contribution is 5.91. The topological polar surface area (TPSA) is 53.7 Å². The second-order valence-corrected chi connectivity index (χ2v) is 4.38. The maximum absolute atomic E-state index is 11.8. The Morgan fingerprint density at radius 1 is 1.53 bits per heavy atom. The summed E-state index contributed by atoms with van der Waals surface area (Å²) in [5.74, 6) is 0.791. The molecule has 1 aromatic rings. The molecule has 0 aliphatic carbocycles. The van der Waals surface area contributed by atoms with Gasteiger partial charge in [-0.1, -0.05) is 0 Å². The van der Waals surface area contributed by atoms with Gasteiger partial charge >= 0.3 is 0 Å². The third kappa shape index (κ3) is 3.40. The molecule has 0 saturated carbocycles. The lowest BCUT2D eigenvalue weighted by molar-refractivity contribution is 0.0351. The van der Waals surface area contributed by atoms with Gasteiger partial charge in [0.05, 0.1) is 5.60 Å². The predicted octanol–water partition coefficient (Wildman–Crippen LogP) is 1.43. The zero-order valence-corrected chi connectivity index (χ0v) is 9.57. The number of carbonyl (C=O) groups excluding carboxylic acids is 1. The molecule has 0 aliphatic heterocycles. The highest BCUT2D eigenvalue weighted by Crippen LogP contribution is 2.11. The van der Waals surface area contributed by atoms with E-state index in [0.717, 1.165) is 0 Å². The van der Waals surface area contributed by atoms with E-state index in [9.17, 15) is 9.90 Å². The number of aliphatic hydroxyl groups is 1. The molecule has 0 aromatic carbocycles. The molecule has 0 saturated heterocycles. The van der Waals surface area contributed by atoms with E-state index in [1.165, 1.54) is 4.90 Å². The number of aryl methyl sites for hydroxylation is 1. The molecule has 0 aliphatic rings. The smallest absolute Gasteiger partial charge is 0.289 e. The SMILES string of the molecule is Cc1ccc(C(=O)N(C)CC(C)(C)O)o1. The van der Waals surface area contributed by atoms with Crippen LogP contribution in [0.5, 0.6) is 0 Å². The summed E-state index contributed by atoms with van der Waals surface area (Å²) in [6.07, 6.45) is 0. The summed E-state index contributed by atoms with van der Waals surface area (Å²) < 4.78 is 5.21. The van der Waals surface area contributed by atoms with Crippen LogP contribution in [0.3, 0.4) is 0 Å². The first kappa shape index (κ1) is 11.8. The molecule has 0 fully saturated rings. The fourth-order valence-corrected chi connectivity index (χ4v) is 1.39. The molecular formula is C11H17NO3. The molecule has 1 N–H and O–H groups in total. The third-order valence-corrected chi connectivity index (χ3v) is 1.92. The number of nitrogens with zero attached hydrogens (tertiary/aromatic N) is 1. The quantitative estimate of drug-likeness (QED) is 0.822. The van der Waals surface area contributed by atoms with Crippen LogP contribution in [0.1, 0.15) is 30.2 Å². The van der Waals surface area contributed by atoms with Crippen LogP contribution in [0.4, 0.5) is 0 Å². The summed E-state index contributed by atoms with van der Waals surface area (Å²) in [6.45, 7) is 5.37. The molecule has 15 heavy (non-hydrogen) atoms. The molecule has 84 valence electrons. The molecular weight excluding hydrogens is 194 g/mol. The molecule has 0 unspecified atom stereocenters. The van der Waals surface area contributed by atoms with Crippen LogP contribution in [0.25, 0.3) is 0 Å². The molecule has 4 nitrogen and oxygen atoms in total. The zero-order chi connectivity index (χ0) is 11.6. The Hall–Kier alpha value is -1.29. The molecule has 1 amide bonds. The van der Waals surface area contributed by atoms with Gasteiger partial charge < -0.3 is 14.4 Å². The zero-order valence-electron chi connectivity index (χ0n) is 9.57. The Balaban J connectivity index is 2.69. The Morgan fingerprint density at radius 3 is 2.53 bits per heavy atom. The fraction of sp³-hybridized carbons (Fsp3) is 0.545. The number of hydrogen-bond donors (Lipinski definition) is 1. The molecule has 0 spiro atoms. The lowest BCUT2D eigenvalue weighted by Gasteiger charge is -2.24. The molecule has 1 rings (SSSR count). The van der Waals surface area contributed by atoms with E-state index in [1.54, 1.807) is 40.0 Å². The fourth-order valence-electron chi connectivity index (χ4n) is 1.39. The second kappa shape index (κ2) is 4.06. The van der Waals surface area contributed by atoms with Crippen LogP contribution in [0, 0.1) is 6.92 Å². The highest BCUT2D eigenvalue weighted by atomic mass is 16.3. The largest absolute Gasteiger partial charge is 0.456 e. The maximum Gasteiger partial charge on any atom is 0.289 e. The van der Waals surface area contributed by atoms with E-state index in [-0.39, 0.29) is 12.5 Å². The standard InChI is InChI=1S/C11H17NO3/c1-8-5-6-9(15-8)10(13)12(4)7-11(2,3)14/h5-6,14H,7H2,1-4H3. The summed E-state index contributed by atoms with van der Waals surface area (Å²) in [4.78, 5) is 13.2. The number of hydrogen-bond acceptors (Lipinski definition) is 3. The maximum atomic E-state index is 11.8. The Bertz CT molecular complexity index is 349. The molecule has 0 atom stereocenters. The second-order valence-electron chi connectivity index (χ2n) is 4.38. The molecule has 1 aromatic heterocycles. The first-order valence-electron chi connectivity index (χ1n) is 4.84. The van der Waals surface area contributed by atoms with E-state index >= 15 is 0 Å². The van der Waals surface area contributed by atoms with Crippen LogP contribution in [0.2, 0.25) is 0 Å². The van der Waals surface area contributed by atoms with Crippen molar-refractivity contribution in [3.8, 4) is 0 Å². The van der Waals surface area contributed by atoms with E-state index in [2.05, 4.69) is 0 Å². The number of likely N-dealkylation sites (N-methyl/N-ethyl adjacent to an activating group) is 1. The Morgan fingerprint density at radius 2 is 2.13 bits per heavy atom. The summed E-state index contributed by atoms with van der Waals surface area (Å²) >= 11 is 0. The average Bonchev–Trinajstić information content (AvgIpc) is 2.47. The van der Waals surface area contributed by atoms with Crippen molar-refractivity contribution in [2.24, 2.45) is 0 Å². The number of furan rings is 1. The van der Waals surface area contributed by atoms with Gasteiger partial charge in [0.15, 0.2) is 5.76 Å². The van der Waals surface area contributed by atoms with Crippen molar-refractivity contribution in [1.29, 1.82) is 0 Å². The van der Waals surface area contributed by atoms with Gasteiger partial charge in [-0.3, -0.25) is 4.79 Å². The lowest BCUT2D eigenvalue weighted by Crippen LogP contribution is -2.39. The van der Waals surface area contributed by atoms with E-state index in [4.69, 9.17) is 4.42 Å². The van der Waals surface area contributed by atoms with Crippen molar-refractivity contribution < 1.29 is 14.3 Å². The van der Waals surface area contributed by atoms with Crippen molar-refractivity contribution in [3.63, 3.8) is 0 Å². The number of carbonyl (C=O) groups is 1. The summed E-state index contributed by atoms with van der Waals surface area (Å²) in [7, 11) is 1.64. The first-order chi connectivity index (χ1) is 6.79. The third-order valence-electron chi connectivity index (χ3n) is 1.92. The van der Waals surface area contributed by atoms with Crippen molar-refractivity contribution in [2.45, 2.75) is 26.4 Å². The molecule has 4 heteroatoms. The monoisotopic (exact) mass is 211 g/mol. The minimum absolute atomic E-state index is 0.217. The van der Waals surface area contributed by atoms with E-state index < -0.39 is 5.60 Å². The van der Waals surface area contributed by atoms with Gasteiger partial charge in [0, 0.05) is 13.6 Å². The van der Waals surface area contributed by atoms with Crippen LogP contribution in [0.15, 0.2) is 16.5 Å². The summed E-state index contributed by atoms with van der Waals surface area (Å²) in [5.41, 5.74) is -0.897. The van der Waals surface area contributed by atoms with Gasteiger partial charge in [0.25, 0.3) is 5.91 Å². The molecule has 0 bridgehead atoms. The van der Waals surface area contributed by atoms with Crippen LogP contribution in [-0.4, -0.2) is 35.1 Å². The predicted molar refractivity (Wildman–Crippen MR) is 56.7 cm³/mol. The van der Waals surface area contributed by atoms with Crippen LogP contribution < -0.4 is 0 Å².